The molecule has 3 aromatic rings. The number of nitrogens with zero attached hydrogens (tertiary/aromatic N) is 1. The third-order valence-corrected chi connectivity index (χ3v) is 8.21. The monoisotopic (exact) mass is 448 g/mol. The van der Waals surface area contributed by atoms with Crippen molar-refractivity contribution >= 4 is 16.8 Å². The van der Waals surface area contributed by atoms with Crippen molar-refractivity contribution in [1.29, 1.82) is 0 Å². The first-order valence-electron chi connectivity index (χ1n) is 11.7. The molecular formula is C27H32N2O4. The number of ether oxygens (including phenoxy) is 1. The van der Waals surface area contributed by atoms with Crippen LogP contribution in [0.2, 0.25) is 0 Å². The molecule has 2 aliphatic rings. The quantitative estimate of drug-likeness (QED) is 0.558. The van der Waals surface area contributed by atoms with Gasteiger partial charge in [-0.25, -0.2) is 0 Å². The van der Waals surface area contributed by atoms with Crippen LogP contribution in [0.1, 0.15) is 30.9 Å². The fourth-order valence-corrected chi connectivity index (χ4v) is 6.13. The number of aliphatic hydroxyl groups excluding tert-OH is 1. The van der Waals surface area contributed by atoms with Crippen molar-refractivity contribution in [3.05, 3.63) is 65.9 Å². The van der Waals surface area contributed by atoms with Crippen LogP contribution in [0.15, 0.2) is 54.7 Å². The van der Waals surface area contributed by atoms with Crippen molar-refractivity contribution in [1.82, 2.24) is 9.88 Å². The number of fused-ring (bicyclic) bond motifs is 2. The van der Waals surface area contributed by atoms with E-state index in [1.165, 1.54) is 0 Å². The summed E-state index contributed by atoms with van der Waals surface area (Å²) in [5.41, 5.74) is 1.33. The Morgan fingerprint density at radius 2 is 1.85 bits per heavy atom. The molecule has 1 aliphatic heterocycles. The van der Waals surface area contributed by atoms with Crippen molar-refractivity contribution < 1.29 is 19.7 Å². The van der Waals surface area contributed by atoms with Crippen LogP contribution >= 0.6 is 0 Å². The molecule has 2 fully saturated rings. The first-order valence-corrected chi connectivity index (χ1v) is 11.7. The standard InChI is InChI=1S/C27H32N2O4/c1-26(17-30)11-12-27(32,20-8-4-6-10-24(20)33-2)22-16-29(15-21(22)26)25(31)13-18-14-28-23-9-5-3-7-19(18)23/h3-10,14,21-22,28,30,32H,11-13,15-17H2,1-2H3. The molecule has 1 amide bonds. The smallest absolute Gasteiger partial charge is 0.227 e. The van der Waals surface area contributed by atoms with Gasteiger partial charge in [0.1, 0.15) is 5.75 Å². The Morgan fingerprint density at radius 1 is 1.12 bits per heavy atom. The average Bonchev–Trinajstić information content (AvgIpc) is 3.48. The number of aromatic nitrogens is 1. The van der Waals surface area contributed by atoms with E-state index in [0.29, 0.717) is 38.1 Å². The summed E-state index contributed by atoms with van der Waals surface area (Å²) in [5, 5.41) is 23.4. The molecule has 4 unspecified atom stereocenters. The van der Waals surface area contributed by atoms with Crippen molar-refractivity contribution in [2.24, 2.45) is 17.3 Å². The SMILES string of the molecule is COc1ccccc1C1(O)CCC(C)(CO)C2CN(C(=O)Cc3c[nH]c4ccccc34)CC21. The normalized spacial score (nSPS) is 29.3. The van der Waals surface area contributed by atoms with Crippen LogP contribution in [0.3, 0.4) is 0 Å². The molecule has 5 rings (SSSR count). The zero-order valence-electron chi connectivity index (χ0n) is 19.3. The molecular weight excluding hydrogens is 416 g/mol. The first kappa shape index (κ1) is 22.0. The van der Waals surface area contributed by atoms with Crippen LogP contribution in [0.4, 0.5) is 0 Å². The van der Waals surface area contributed by atoms with Gasteiger partial charge in [0.05, 0.1) is 19.1 Å². The summed E-state index contributed by atoms with van der Waals surface area (Å²) in [6.07, 6.45) is 3.43. The van der Waals surface area contributed by atoms with Gasteiger partial charge in [0.25, 0.3) is 0 Å². The molecule has 2 heterocycles. The minimum Gasteiger partial charge on any atom is -0.496 e. The average molecular weight is 449 g/mol. The lowest BCUT2D eigenvalue weighted by Crippen LogP contribution is -2.51. The Labute approximate surface area is 194 Å². The lowest BCUT2D eigenvalue weighted by atomic mass is 9.57. The van der Waals surface area contributed by atoms with Gasteiger partial charge in [0.15, 0.2) is 0 Å². The number of likely N-dealkylation sites (tertiary alicyclic amines) is 1. The van der Waals surface area contributed by atoms with Crippen molar-refractivity contribution in [2.75, 3.05) is 26.8 Å². The number of methoxy groups -OCH3 is 1. The van der Waals surface area contributed by atoms with Crippen LogP contribution in [0.25, 0.3) is 10.9 Å². The lowest BCUT2D eigenvalue weighted by Gasteiger charge is -2.50. The third-order valence-electron chi connectivity index (χ3n) is 8.21. The lowest BCUT2D eigenvalue weighted by molar-refractivity contribution is -0.130. The van der Waals surface area contributed by atoms with E-state index in [2.05, 4.69) is 11.9 Å². The van der Waals surface area contributed by atoms with Crippen molar-refractivity contribution in [3.8, 4) is 5.75 Å². The number of benzene rings is 2. The highest BCUT2D eigenvalue weighted by Crippen LogP contribution is 2.56. The van der Waals surface area contributed by atoms with Gasteiger partial charge in [-0.2, -0.15) is 0 Å². The predicted molar refractivity (Wildman–Crippen MR) is 127 cm³/mol. The van der Waals surface area contributed by atoms with E-state index >= 15 is 0 Å². The number of aromatic amines is 1. The maximum Gasteiger partial charge on any atom is 0.227 e. The number of amides is 1. The summed E-state index contributed by atoms with van der Waals surface area (Å²) >= 11 is 0. The van der Waals surface area contributed by atoms with E-state index in [4.69, 9.17) is 4.74 Å². The molecule has 1 aromatic heterocycles. The first-order chi connectivity index (χ1) is 15.9. The number of nitrogens with one attached hydrogen (secondary N) is 1. The van der Waals surface area contributed by atoms with Gasteiger partial charge in [0, 0.05) is 48.3 Å². The number of rotatable bonds is 5. The van der Waals surface area contributed by atoms with Gasteiger partial charge in [0.2, 0.25) is 5.91 Å². The molecule has 3 N–H and O–H groups in total. The number of aliphatic hydroxyl groups is 2. The van der Waals surface area contributed by atoms with Gasteiger partial charge in [-0.15, -0.1) is 0 Å². The highest BCUT2D eigenvalue weighted by molar-refractivity contribution is 5.89. The van der Waals surface area contributed by atoms with Crippen LogP contribution in [0, 0.1) is 17.3 Å². The second-order valence-corrected chi connectivity index (χ2v) is 9.98. The summed E-state index contributed by atoms with van der Waals surface area (Å²) in [7, 11) is 1.62. The molecule has 174 valence electrons. The number of hydrogen-bond acceptors (Lipinski definition) is 4. The van der Waals surface area contributed by atoms with E-state index < -0.39 is 5.60 Å². The summed E-state index contributed by atoms with van der Waals surface area (Å²) in [4.78, 5) is 18.5. The molecule has 4 atom stereocenters. The molecule has 33 heavy (non-hydrogen) atoms. The molecule has 6 nitrogen and oxygen atoms in total. The number of H-pyrrole nitrogens is 1. The second kappa shape index (κ2) is 8.19. The largest absolute Gasteiger partial charge is 0.496 e. The zero-order valence-corrected chi connectivity index (χ0v) is 19.3. The minimum absolute atomic E-state index is 0.00178. The fourth-order valence-electron chi connectivity index (χ4n) is 6.13. The molecule has 6 heteroatoms. The maximum absolute atomic E-state index is 13.4. The molecule has 1 saturated heterocycles. The summed E-state index contributed by atoms with van der Waals surface area (Å²) in [6.45, 7) is 3.14. The van der Waals surface area contributed by atoms with Gasteiger partial charge >= 0.3 is 0 Å². The predicted octanol–water partition coefficient (Wildman–Crippen LogP) is 3.47. The molecule has 0 radical (unpaired) electrons. The number of carbonyl (C=O) groups is 1. The highest BCUT2D eigenvalue weighted by atomic mass is 16.5. The van der Waals surface area contributed by atoms with E-state index in [1.54, 1.807) is 7.11 Å². The van der Waals surface area contributed by atoms with Crippen LogP contribution < -0.4 is 4.74 Å². The summed E-state index contributed by atoms with van der Waals surface area (Å²) in [5.74, 6) is 0.538. The van der Waals surface area contributed by atoms with Crippen LogP contribution in [0.5, 0.6) is 5.75 Å². The Kier molecular flexibility index (Phi) is 5.46. The zero-order chi connectivity index (χ0) is 23.2. The molecule has 1 aliphatic carbocycles. The Bertz CT molecular complexity index is 1170. The van der Waals surface area contributed by atoms with Crippen LogP contribution in [-0.2, 0) is 16.8 Å². The number of hydrogen-bond donors (Lipinski definition) is 3. The Hall–Kier alpha value is -2.83. The molecule has 1 saturated carbocycles. The van der Waals surface area contributed by atoms with E-state index in [-0.39, 0.29) is 29.8 Å². The fraction of sp³-hybridized carbons (Fsp3) is 0.444. The minimum atomic E-state index is -1.11. The number of carbonyl (C=O) groups excluding carboxylic acids is 1. The van der Waals surface area contributed by atoms with E-state index in [1.807, 2.05) is 59.6 Å². The van der Waals surface area contributed by atoms with E-state index in [9.17, 15) is 15.0 Å². The van der Waals surface area contributed by atoms with E-state index in [0.717, 1.165) is 22.0 Å². The van der Waals surface area contributed by atoms with Gasteiger partial charge in [-0.1, -0.05) is 43.3 Å². The van der Waals surface area contributed by atoms with Gasteiger partial charge in [-0.05, 0) is 41.9 Å². The van der Waals surface area contributed by atoms with Crippen LogP contribution in [-0.4, -0.2) is 52.8 Å². The van der Waals surface area contributed by atoms with Gasteiger partial charge < -0.3 is 24.8 Å². The summed E-state index contributed by atoms with van der Waals surface area (Å²) < 4.78 is 5.58. The van der Waals surface area contributed by atoms with Crippen molar-refractivity contribution in [3.63, 3.8) is 0 Å². The van der Waals surface area contributed by atoms with Crippen molar-refractivity contribution in [2.45, 2.75) is 31.8 Å². The summed E-state index contributed by atoms with van der Waals surface area (Å²) in [6, 6.07) is 15.6. The molecule has 0 bridgehead atoms. The Balaban J connectivity index is 1.45. The Morgan fingerprint density at radius 3 is 2.64 bits per heavy atom. The van der Waals surface area contributed by atoms with Gasteiger partial charge in [-0.3, -0.25) is 4.79 Å². The topological polar surface area (TPSA) is 85.8 Å². The maximum atomic E-state index is 13.4. The highest BCUT2D eigenvalue weighted by Gasteiger charge is 2.58. The third kappa shape index (κ3) is 3.52. The number of para-hydroxylation sites is 2. The second-order valence-electron chi connectivity index (χ2n) is 9.98. The molecule has 2 aromatic carbocycles. The molecule has 0 spiro atoms.